The number of nitrogens with one attached hydrogen (secondary N) is 1. The summed E-state index contributed by atoms with van der Waals surface area (Å²) in [6.45, 7) is 2.76. The van der Waals surface area contributed by atoms with Crippen LogP contribution >= 0.6 is 0 Å². The lowest BCUT2D eigenvalue weighted by molar-refractivity contribution is 0.0776. The summed E-state index contributed by atoms with van der Waals surface area (Å²) < 4.78 is 5.54. The first kappa shape index (κ1) is 11.5. The number of aromatic nitrogens is 1. The van der Waals surface area contributed by atoms with E-state index in [0.29, 0.717) is 6.42 Å². The van der Waals surface area contributed by atoms with E-state index in [9.17, 15) is 4.79 Å². The van der Waals surface area contributed by atoms with E-state index in [1.165, 1.54) is 0 Å². The Morgan fingerprint density at radius 2 is 2.28 bits per heavy atom. The lowest BCUT2D eigenvalue weighted by Crippen LogP contribution is -2.13. The third kappa shape index (κ3) is 1.95. The molecule has 1 aliphatic heterocycles. The average Bonchev–Trinajstić information content (AvgIpc) is 2.94. The minimum atomic E-state index is 0.116. The number of aryl methyl sites for hydroxylation is 1. The molecule has 0 amide bonds. The Morgan fingerprint density at radius 3 is 3.06 bits per heavy atom. The van der Waals surface area contributed by atoms with Gasteiger partial charge in [-0.1, -0.05) is 18.2 Å². The number of fused-ring (bicyclic) bond motifs is 1. The number of carbonyl (C=O) groups is 1. The molecule has 3 heteroatoms. The average molecular weight is 243 g/mol. The van der Waals surface area contributed by atoms with Gasteiger partial charge in [-0.25, -0.2) is 0 Å². The zero-order chi connectivity index (χ0) is 12.5. The van der Waals surface area contributed by atoms with Crippen molar-refractivity contribution in [3.63, 3.8) is 0 Å². The van der Waals surface area contributed by atoms with Crippen LogP contribution in [0.1, 0.15) is 35.3 Å². The molecular weight excluding hydrogens is 226 g/mol. The van der Waals surface area contributed by atoms with Gasteiger partial charge in [-0.05, 0) is 25.8 Å². The van der Waals surface area contributed by atoms with Gasteiger partial charge in [0.15, 0.2) is 5.78 Å². The highest BCUT2D eigenvalue weighted by molar-refractivity contribution is 6.09. The van der Waals surface area contributed by atoms with E-state index in [1.807, 2.05) is 31.2 Å². The van der Waals surface area contributed by atoms with Gasteiger partial charge in [-0.15, -0.1) is 0 Å². The van der Waals surface area contributed by atoms with Crippen LogP contribution in [0.4, 0.5) is 0 Å². The lowest BCUT2D eigenvalue weighted by atomic mass is 10.0. The highest BCUT2D eigenvalue weighted by atomic mass is 16.5. The number of para-hydroxylation sites is 1. The van der Waals surface area contributed by atoms with Crippen LogP contribution in [0.2, 0.25) is 0 Å². The van der Waals surface area contributed by atoms with Gasteiger partial charge in [0.2, 0.25) is 0 Å². The Labute approximate surface area is 106 Å². The lowest BCUT2D eigenvalue weighted by Gasteiger charge is -2.08. The third-order valence-electron chi connectivity index (χ3n) is 3.61. The van der Waals surface area contributed by atoms with Crippen LogP contribution in [0.25, 0.3) is 10.9 Å². The number of ketones is 1. The molecule has 0 aliphatic carbocycles. The maximum Gasteiger partial charge on any atom is 0.167 e. The molecule has 0 bridgehead atoms. The third-order valence-corrected chi connectivity index (χ3v) is 3.61. The van der Waals surface area contributed by atoms with Gasteiger partial charge in [0, 0.05) is 35.2 Å². The zero-order valence-electron chi connectivity index (χ0n) is 10.5. The Bertz CT molecular complexity index is 579. The molecule has 0 spiro atoms. The number of H-pyrrole nitrogens is 1. The summed E-state index contributed by atoms with van der Waals surface area (Å²) in [6.07, 6.45) is 2.70. The number of rotatable bonds is 3. The second-order valence-electron chi connectivity index (χ2n) is 4.93. The first-order valence-corrected chi connectivity index (χ1v) is 6.48. The van der Waals surface area contributed by atoms with E-state index in [1.54, 1.807) is 0 Å². The van der Waals surface area contributed by atoms with Crippen molar-refractivity contribution >= 4 is 16.7 Å². The minimum Gasteiger partial charge on any atom is -0.378 e. The molecule has 2 heterocycles. The van der Waals surface area contributed by atoms with Crippen molar-refractivity contribution in [3.05, 3.63) is 35.5 Å². The molecule has 1 aromatic carbocycles. The maximum absolute atomic E-state index is 12.4. The number of ether oxygens (including phenoxy) is 1. The second kappa shape index (κ2) is 4.58. The van der Waals surface area contributed by atoms with Crippen molar-refractivity contribution in [2.75, 3.05) is 6.61 Å². The Balaban J connectivity index is 1.92. The van der Waals surface area contributed by atoms with Crippen LogP contribution in [0.3, 0.4) is 0 Å². The molecular formula is C15H17NO2. The predicted molar refractivity (Wildman–Crippen MR) is 71.0 cm³/mol. The molecule has 1 aliphatic rings. The molecule has 94 valence electrons. The number of benzene rings is 1. The summed E-state index contributed by atoms with van der Waals surface area (Å²) in [5.74, 6) is 0.192. The highest BCUT2D eigenvalue weighted by Crippen LogP contribution is 2.25. The molecule has 1 N–H and O–H groups in total. The molecule has 3 rings (SSSR count). The summed E-state index contributed by atoms with van der Waals surface area (Å²) in [6, 6.07) is 7.96. The second-order valence-corrected chi connectivity index (χ2v) is 4.93. The van der Waals surface area contributed by atoms with Gasteiger partial charge in [0.1, 0.15) is 0 Å². The number of hydrogen-bond donors (Lipinski definition) is 1. The smallest absolute Gasteiger partial charge is 0.167 e. The van der Waals surface area contributed by atoms with E-state index in [0.717, 1.165) is 41.6 Å². The van der Waals surface area contributed by atoms with Gasteiger partial charge >= 0.3 is 0 Å². The summed E-state index contributed by atoms with van der Waals surface area (Å²) >= 11 is 0. The molecule has 0 radical (unpaired) electrons. The van der Waals surface area contributed by atoms with Crippen LogP contribution in [-0.4, -0.2) is 23.5 Å². The Morgan fingerprint density at radius 1 is 1.44 bits per heavy atom. The van der Waals surface area contributed by atoms with Crippen molar-refractivity contribution in [2.24, 2.45) is 0 Å². The highest BCUT2D eigenvalue weighted by Gasteiger charge is 2.22. The molecule has 3 nitrogen and oxygen atoms in total. The standard InChI is InChI=1S/C15H17NO2/c1-10-15(12-6-2-3-7-13(12)16-10)14(17)9-11-5-4-8-18-11/h2-3,6-7,11,16H,4-5,8-9H2,1H3. The van der Waals surface area contributed by atoms with E-state index >= 15 is 0 Å². The number of hydrogen-bond acceptors (Lipinski definition) is 2. The summed E-state index contributed by atoms with van der Waals surface area (Å²) in [4.78, 5) is 15.7. The van der Waals surface area contributed by atoms with Crippen LogP contribution < -0.4 is 0 Å². The van der Waals surface area contributed by atoms with Gasteiger partial charge in [0.05, 0.1) is 6.10 Å². The number of Topliss-reactive ketones (excluding diaryl/α,β-unsaturated/α-hetero) is 1. The SMILES string of the molecule is Cc1[nH]c2ccccc2c1C(=O)CC1CCCO1. The molecule has 1 saturated heterocycles. The Kier molecular flexibility index (Phi) is 2.92. The fraction of sp³-hybridized carbons (Fsp3) is 0.400. The maximum atomic E-state index is 12.4. The van der Waals surface area contributed by atoms with Crippen molar-refractivity contribution in [1.82, 2.24) is 4.98 Å². The fourth-order valence-electron chi connectivity index (χ4n) is 2.75. The predicted octanol–water partition coefficient (Wildman–Crippen LogP) is 3.23. The van der Waals surface area contributed by atoms with Gasteiger partial charge in [0.25, 0.3) is 0 Å². The number of carbonyl (C=O) groups excluding carboxylic acids is 1. The molecule has 1 atom stereocenters. The topological polar surface area (TPSA) is 42.1 Å². The molecule has 2 aromatic rings. The normalized spacial score (nSPS) is 19.5. The van der Waals surface area contributed by atoms with E-state index in [2.05, 4.69) is 4.98 Å². The molecule has 1 aromatic heterocycles. The monoisotopic (exact) mass is 243 g/mol. The Hall–Kier alpha value is -1.61. The van der Waals surface area contributed by atoms with Gasteiger partial charge in [-0.2, -0.15) is 0 Å². The van der Waals surface area contributed by atoms with E-state index in [4.69, 9.17) is 4.74 Å². The van der Waals surface area contributed by atoms with Crippen molar-refractivity contribution in [2.45, 2.75) is 32.3 Å². The van der Waals surface area contributed by atoms with Crippen LogP contribution in [0.5, 0.6) is 0 Å². The summed E-state index contributed by atoms with van der Waals surface area (Å²) in [5.41, 5.74) is 2.82. The fourth-order valence-corrected chi connectivity index (χ4v) is 2.75. The first-order chi connectivity index (χ1) is 8.75. The van der Waals surface area contributed by atoms with Crippen molar-refractivity contribution in [1.29, 1.82) is 0 Å². The molecule has 18 heavy (non-hydrogen) atoms. The molecule has 0 saturated carbocycles. The van der Waals surface area contributed by atoms with Crippen LogP contribution in [0, 0.1) is 6.92 Å². The molecule has 1 fully saturated rings. The zero-order valence-corrected chi connectivity index (χ0v) is 10.5. The molecule has 1 unspecified atom stereocenters. The van der Waals surface area contributed by atoms with Crippen LogP contribution in [-0.2, 0) is 4.74 Å². The quantitative estimate of drug-likeness (QED) is 0.841. The van der Waals surface area contributed by atoms with Crippen molar-refractivity contribution < 1.29 is 9.53 Å². The van der Waals surface area contributed by atoms with E-state index < -0.39 is 0 Å². The van der Waals surface area contributed by atoms with Crippen LogP contribution in [0.15, 0.2) is 24.3 Å². The summed E-state index contributed by atoms with van der Waals surface area (Å²) in [7, 11) is 0. The van der Waals surface area contributed by atoms with Crippen molar-refractivity contribution in [3.8, 4) is 0 Å². The first-order valence-electron chi connectivity index (χ1n) is 6.48. The van der Waals surface area contributed by atoms with Gasteiger partial charge in [-0.3, -0.25) is 4.79 Å². The van der Waals surface area contributed by atoms with Gasteiger partial charge < -0.3 is 9.72 Å². The number of aromatic amines is 1. The van der Waals surface area contributed by atoms with E-state index in [-0.39, 0.29) is 11.9 Å². The minimum absolute atomic E-state index is 0.116. The summed E-state index contributed by atoms with van der Waals surface area (Å²) in [5, 5.41) is 1.03. The largest absolute Gasteiger partial charge is 0.378 e.